The molecule has 0 unspecified atom stereocenters. The molecule has 0 fully saturated rings. The molecule has 0 radical (unpaired) electrons. The zero-order chi connectivity index (χ0) is 12.3. The van der Waals surface area contributed by atoms with Crippen LogP contribution in [-0.4, -0.2) is 26.9 Å². The third-order valence-corrected chi connectivity index (χ3v) is 4.47. The molecule has 0 amide bonds. The first-order valence-corrected chi connectivity index (χ1v) is 7.49. The van der Waals surface area contributed by atoms with E-state index in [4.69, 9.17) is 8.85 Å². The van der Waals surface area contributed by atoms with Gasteiger partial charge in [-0.3, -0.25) is 0 Å². The summed E-state index contributed by atoms with van der Waals surface area (Å²) < 4.78 is 47.6. The SMILES string of the molecule is CC(C)O[Si](C)(CC(F)(F)F)OC(C)C. The molecule has 0 bridgehead atoms. The fraction of sp³-hybridized carbons (Fsp3) is 1.00. The number of rotatable bonds is 5. The van der Waals surface area contributed by atoms with E-state index in [9.17, 15) is 13.2 Å². The van der Waals surface area contributed by atoms with Crippen molar-refractivity contribution in [1.82, 2.24) is 0 Å². The molecule has 0 aromatic rings. The van der Waals surface area contributed by atoms with E-state index in [0.717, 1.165) is 0 Å². The van der Waals surface area contributed by atoms with Crippen molar-refractivity contribution >= 4 is 8.56 Å². The van der Waals surface area contributed by atoms with Crippen LogP contribution >= 0.6 is 0 Å². The van der Waals surface area contributed by atoms with Gasteiger partial charge in [-0.25, -0.2) is 0 Å². The van der Waals surface area contributed by atoms with Crippen molar-refractivity contribution in [2.75, 3.05) is 0 Å². The minimum Gasteiger partial charge on any atom is -0.392 e. The molecular weight excluding hydrogens is 225 g/mol. The Hall–Kier alpha value is -0.0731. The maximum atomic E-state index is 12.3. The molecule has 0 saturated heterocycles. The van der Waals surface area contributed by atoms with Crippen LogP contribution in [0, 0.1) is 0 Å². The van der Waals surface area contributed by atoms with Gasteiger partial charge in [0.25, 0.3) is 0 Å². The van der Waals surface area contributed by atoms with Gasteiger partial charge in [-0.1, -0.05) is 0 Å². The van der Waals surface area contributed by atoms with Crippen LogP contribution in [0.1, 0.15) is 27.7 Å². The van der Waals surface area contributed by atoms with Crippen LogP contribution in [-0.2, 0) is 8.85 Å². The van der Waals surface area contributed by atoms with Gasteiger partial charge in [-0.2, -0.15) is 13.2 Å². The summed E-state index contributed by atoms with van der Waals surface area (Å²) in [7, 11) is -3.14. The molecule has 0 aromatic carbocycles. The number of halogens is 3. The van der Waals surface area contributed by atoms with Crippen molar-refractivity contribution in [3.8, 4) is 0 Å². The predicted octanol–water partition coefficient (Wildman–Crippen LogP) is 3.47. The highest BCUT2D eigenvalue weighted by atomic mass is 28.4. The lowest BCUT2D eigenvalue weighted by atomic mass is 10.5. The first-order valence-electron chi connectivity index (χ1n) is 4.96. The summed E-state index contributed by atoms with van der Waals surface area (Å²) in [5.74, 6) is 0. The van der Waals surface area contributed by atoms with Gasteiger partial charge in [0.15, 0.2) is 0 Å². The monoisotopic (exact) mass is 244 g/mol. The molecule has 0 spiro atoms. The Balaban J connectivity index is 4.54. The molecule has 0 atom stereocenters. The summed E-state index contributed by atoms with van der Waals surface area (Å²) in [6, 6.07) is -0.962. The normalized spacial score (nSPS) is 14.0. The van der Waals surface area contributed by atoms with Crippen molar-refractivity contribution in [1.29, 1.82) is 0 Å². The Morgan fingerprint density at radius 3 is 1.53 bits per heavy atom. The van der Waals surface area contributed by atoms with Gasteiger partial charge in [0.05, 0.1) is 6.04 Å². The minimum atomic E-state index is -4.23. The summed E-state index contributed by atoms with van der Waals surface area (Å²) >= 11 is 0. The van der Waals surface area contributed by atoms with Gasteiger partial charge < -0.3 is 8.85 Å². The zero-order valence-electron chi connectivity index (χ0n) is 9.81. The highest BCUT2D eigenvalue weighted by molar-refractivity contribution is 6.66. The van der Waals surface area contributed by atoms with E-state index in [1.165, 1.54) is 6.55 Å². The van der Waals surface area contributed by atoms with Gasteiger partial charge >= 0.3 is 14.7 Å². The molecule has 0 aliphatic rings. The third-order valence-electron chi connectivity index (χ3n) is 1.49. The van der Waals surface area contributed by atoms with E-state index < -0.39 is 20.8 Å². The molecule has 0 aliphatic heterocycles. The van der Waals surface area contributed by atoms with Crippen LogP contribution < -0.4 is 0 Å². The smallest absolute Gasteiger partial charge is 0.391 e. The van der Waals surface area contributed by atoms with Crippen LogP contribution in [0.3, 0.4) is 0 Å². The molecular formula is C9H19F3O2Si. The standard InChI is InChI=1S/C9H19F3O2Si/c1-7(2)13-15(5,14-8(3)4)6-9(10,11)12/h7-8H,6H2,1-5H3. The first kappa shape index (κ1) is 14.9. The van der Waals surface area contributed by atoms with Crippen molar-refractivity contribution in [2.45, 2.75) is 58.7 Å². The molecule has 92 valence electrons. The van der Waals surface area contributed by atoms with Crippen LogP contribution in [0.25, 0.3) is 0 Å². The summed E-state index contributed by atoms with van der Waals surface area (Å²) in [4.78, 5) is 0. The highest BCUT2D eigenvalue weighted by Crippen LogP contribution is 2.30. The summed E-state index contributed by atoms with van der Waals surface area (Å²) in [5, 5.41) is 0. The van der Waals surface area contributed by atoms with Gasteiger partial charge in [0.1, 0.15) is 0 Å². The van der Waals surface area contributed by atoms with Crippen LogP contribution in [0.2, 0.25) is 12.6 Å². The van der Waals surface area contributed by atoms with Gasteiger partial charge in [0, 0.05) is 12.2 Å². The predicted molar refractivity (Wildman–Crippen MR) is 54.9 cm³/mol. The Bertz CT molecular complexity index is 182. The first-order chi connectivity index (χ1) is 6.54. The van der Waals surface area contributed by atoms with Crippen molar-refractivity contribution in [3.05, 3.63) is 0 Å². The zero-order valence-corrected chi connectivity index (χ0v) is 10.8. The number of hydrogen-bond donors (Lipinski definition) is 0. The average molecular weight is 244 g/mol. The lowest BCUT2D eigenvalue weighted by molar-refractivity contribution is -0.118. The van der Waals surface area contributed by atoms with Crippen LogP contribution in [0.5, 0.6) is 0 Å². The highest BCUT2D eigenvalue weighted by Gasteiger charge is 2.45. The van der Waals surface area contributed by atoms with Gasteiger partial charge in [-0.15, -0.1) is 0 Å². The quantitative estimate of drug-likeness (QED) is 0.689. The largest absolute Gasteiger partial charge is 0.392 e. The molecule has 0 aliphatic carbocycles. The van der Waals surface area contributed by atoms with Crippen molar-refractivity contribution in [2.24, 2.45) is 0 Å². The van der Waals surface area contributed by atoms with Crippen LogP contribution in [0.4, 0.5) is 13.2 Å². The fourth-order valence-electron chi connectivity index (χ4n) is 1.47. The van der Waals surface area contributed by atoms with Crippen LogP contribution in [0.15, 0.2) is 0 Å². The second-order valence-electron chi connectivity index (χ2n) is 4.26. The number of alkyl halides is 3. The molecule has 15 heavy (non-hydrogen) atoms. The second-order valence-corrected chi connectivity index (χ2v) is 7.35. The second kappa shape index (κ2) is 5.31. The van der Waals surface area contributed by atoms with Gasteiger partial charge in [0.2, 0.25) is 0 Å². The van der Waals surface area contributed by atoms with E-state index in [1.807, 2.05) is 0 Å². The molecule has 0 saturated carbocycles. The van der Waals surface area contributed by atoms with E-state index >= 15 is 0 Å². The molecule has 2 nitrogen and oxygen atoms in total. The van der Waals surface area contributed by atoms with Crippen molar-refractivity contribution in [3.63, 3.8) is 0 Å². The minimum absolute atomic E-state index is 0.247. The Morgan fingerprint density at radius 1 is 1.00 bits per heavy atom. The van der Waals surface area contributed by atoms with E-state index in [2.05, 4.69) is 0 Å². The Kier molecular flexibility index (Phi) is 5.29. The Labute approximate surface area is 90.0 Å². The third kappa shape index (κ3) is 7.81. The lowest BCUT2D eigenvalue weighted by Crippen LogP contribution is -2.46. The topological polar surface area (TPSA) is 18.5 Å². The molecule has 0 rings (SSSR count). The lowest BCUT2D eigenvalue weighted by Gasteiger charge is -2.31. The molecule has 6 heteroatoms. The van der Waals surface area contributed by atoms with Gasteiger partial charge in [-0.05, 0) is 34.2 Å². The van der Waals surface area contributed by atoms with E-state index in [1.54, 1.807) is 27.7 Å². The fourth-order valence-corrected chi connectivity index (χ4v) is 4.42. The molecule has 0 aromatic heterocycles. The molecule has 0 heterocycles. The van der Waals surface area contributed by atoms with E-state index in [-0.39, 0.29) is 12.2 Å². The molecule has 0 N–H and O–H groups in total. The van der Waals surface area contributed by atoms with E-state index in [0.29, 0.717) is 0 Å². The Morgan fingerprint density at radius 2 is 1.33 bits per heavy atom. The maximum absolute atomic E-state index is 12.3. The summed E-state index contributed by atoms with van der Waals surface area (Å²) in [5.41, 5.74) is 0. The van der Waals surface area contributed by atoms with Crippen molar-refractivity contribution < 1.29 is 22.0 Å². The summed E-state index contributed by atoms with van der Waals surface area (Å²) in [6.45, 7) is 8.31. The average Bonchev–Trinajstić information content (AvgIpc) is 1.73. The number of hydrogen-bond acceptors (Lipinski definition) is 2. The maximum Gasteiger partial charge on any atom is 0.391 e. The summed E-state index contributed by atoms with van der Waals surface area (Å²) in [6.07, 6.45) is -4.73.